The van der Waals surface area contributed by atoms with E-state index < -0.39 is 0 Å². The number of rotatable bonds is 4. The highest BCUT2D eigenvalue weighted by Crippen LogP contribution is 2.32. The van der Waals surface area contributed by atoms with Gasteiger partial charge in [-0.05, 0) is 68.9 Å². The van der Waals surface area contributed by atoms with E-state index in [1.54, 1.807) is 11.3 Å². The van der Waals surface area contributed by atoms with Crippen molar-refractivity contribution in [3.05, 3.63) is 21.4 Å². The molecule has 1 aromatic rings. The molecule has 2 aliphatic heterocycles. The molecule has 1 aromatic heterocycles. The van der Waals surface area contributed by atoms with Crippen molar-refractivity contribution in [2.45, 2.75) is 57.4 Å². The fraction of sp³-hybridized carbons (Fsp3) is 0.727. The third-order valence-electron chi connectivity index (χ3n) is 6.91. The standard InChI is InChI=1S/C22H31N3O2S/c26-21-18(8-11-25(21)15-16-6-7-16)23-9-3-10-24(13-12-23)22(27)20-14-17-4-1-2-5-19(17)28-20/h14,16,18H,1-13,15H2. The Kier molecular flexibility index (Phi) is 5.18. The highest BCUT2D eigenvalue weighted by atomic mass is 32.1. The lowest BCUT2D eigenvalue weighted by molar-refractivity contribution is -0.132. The molecule has 2 saturated heterocycles. The maximum absolute atomic E-state index is 13.1. The molecule has 2 amide bonds. The molecular formula is C22H31N3O2S. The number of amides is 2. The van der Waals surface area contributed by atoms with Crippen LogP contribution in [0.25, 0.3) is 0 Å². The number of thiophene rings is 1. The van der Waals surface area contributed by atoms with Crippen molar-refractivity contribution in [2.75, 3.05) is 39.3 Å². The second-order valence-electron chi connectivity index (χ2n) is 8.98. The SMILES string of the molecule is O=C(c1cc2c(s1)CCCC2)N1CCCN(C2CCN(CC3CC3)C2=O)CC1. The quantitative estimate of drug-likeness (QED) is 0.779. The number of likely N-dealkylation sites (tertiary alicyclic amines) is 1. The largest absolute Gasteiger partial charge is 0.341 e. The van der Waals surface area contributed by atoms with Crippen molar-refractivity contribution >= 4 is 23.2 Å². The van der Waals surface area contributed by atoms with Crippen molar-refractivity contribution in [3.63, 3.8) is 0 Å². The predicted octanol–water partition coefficient (Wildman–Crippen LogP) is 2.79. The summed E-state index contributed by atoms with van der Waals surface area (Å²) < 4.78 is 0. The van der Waals surface area contributed by atoms with Gasteiger partial charge in [0.2, 0.25) is 5.91 Å². The Labute approximate surface area is 171 Å². The van der Waals surface area contributed by atoms with Crippen LogP contribution in [0.5, 0.6) is 0 Å². The van der Waals surface area contributed by atoms with E-state index in [9.17, 15) is 9.59 Å². The van der Waals surface area contributed by atoms with Gasteiger partial charge in [-0.3, -0.25) is 14.5 Å². The summed E-state index contributed by atoms with van der Waals surface area (Å²) in [5, 5.41) is 0. The van der Waals surface area contributed by atoms with Crippen LogP contribution >= 0.6 is 11.3 Å². The van der Waals surface area contributed by atoms with Gasteiger partial charge in [-0.2, -0.15) is 0 Å². The molecule has 3 fully saturated rings. The molecule has 1 unspecified atom stereocenters. The number of carbonyl (C=O) groups is 2. The minimum absolute atomic E-state index is 0.0443. The van der Waals surface area contributed by atoms with Crippen LogP contribution in [-0.2, 0) is 17.6 Å². The van der Waals surface area contributed by atoms with Gasteiger partial charge in [0.05, 0.1) is 10.9 Å². The second kappa shape index (κ2) is 7.79. The summed E-state index contributed by atoms with van der Waals surface area (Å²) in [6.45, 7) is 5.19. The van der Waals surface area contributed by atoms with Crippen molar-refractivity contribution in [3.8, 4) is 0 Å². The highest BCUT2D eigenvalue weighted by Gasteiger charge is 2.39. The minimum Gasteiger partial charge on any atom is -0.341 e. The molecule has 5 rings (SSSR count). The predicted molar refractivity (Wildman–Crippen MR) is 111 cm³/mol. The lowest BCUT2D eigenvalue weighted by Crippen LogP contribution is -2.44. The molecular weight excluding hydrogens is 370 g/mol. The normalized spacial score (nSPS) is 26.4. The van der Waals surface area contributed by atoms with E-state index in [0.717, 1.165) is 75.7 Å². The Morgan fingerprint density at radius 3 is 2.68 bits per heavy atom. The first-order valence-corrected chi connectivity index (χ1v) is 11.9. The summed E-state index contributed by atoms with van der Waals surface area (Å²) in [6, 6.07) is 2.20. The molecule has 2 aliphatic carbocycles. The van der Waals surface area contributed by atoms with Crippen LogP contribution in [0, 0.1) is 5.92 Å². The molecule has 3 heterocycles. The van der Waals surface area contributed by atoms with Gasteiger partial charge in [-0.1, -0.05) is 0 Å². The fourth-order valence-electron chi connectivity index (χ4n) is 5.06. The lowest BCUT2D eigenvalue weighted by atomic mass is 9.99. The summed E-state index contributed by atoms with van der Waals surface area (Å²) in [6.07, 6.45) is 9.29. The van der Waals surface area contributed by atoms with Gasteiger partial charge in [-0.25, -0.2) is 0 Å². The van der Waals surface area contributed by atoms with Gasteiger partial charge < -0.3 is 9.80 Å². The first-order chi connectivity index (χ1) is 13.7. The van der Waals surface area contributed by atoms with Crippen LogP contribution in [0.3, 0.4) is 0 Å². The molecule has 28 heavy (non-hydrogen) atoms. The first kappa shape index (κ1) is 18.6. The van der Waals surface area contributed by atoms with Crippen LogP contribution in [0.1, 0.15) is 58.6 Å². The summed E-state index contributed by atoms with van der Waals surface area (Å²) >= 11 is 1.72. The van der Waals surface area contributed by atoms with Crippen LogP contribution in [0.4, 0.5) is 0 Å². The van der Waals surface area contributed by atoms with Crippen molar-refractivity contribution < 1.29 is 9.59 Å². The van der Waals surface area contributed by atoms with Gasteiger partial charge in [0.1, 0.15) is 0 Å². The number of hydrogen-bond donors (Lipinski definition) is 0. The van der Waals surface area contributed by atoms with Crippen LogP contribution in [0.15, 0.2) is 6.07 Å². The molecule has 152 valence electrons. The molecule has 0 spiro atoms. The Balaban J connectivity index is 1.20. The van der Waals surface area contributed by atoms with E-state index in [-0.39, 0.29) is 11.9 Å². The number of fused-ring (bicyclic) bond motifs is 1. The zero-order valence-corrected chi connectivity index (χ0v) is 17.5. The second-order valence-corrected chi connectivity index (χ2v) is 10.1. The average Bonchev–Trinajstić information content (AvgIpc) is 3.38. The van der Waals surface area contributed by atoms with E-state index >= 15 is 0 Å². The van der Waals surface area contributed by atoms with E-state index in [1.807, 2.05) is 4.90 Å². The summed E-state index contributed by atoms with van der Waals surface area (Å²) in [4.78, 5) is 34.7. The van der Waals surface area contributed by atoms with E-state index in [2.05, 4.69) is 15.9 Å². The molecule has 1 saturated carbocycles. The van der Waals surface area contributed by atoms with Crippen LogP contribution < -0.4 is 0 Å². The topological polar surface area (TPSA) is 43.9 Å². The molecule has 0 N–H and O–H groups in total. The maximum Gasteiger partial charge on any atom is 0.263 e. The zero-order valence-electron chi connectivity index (χ0n) is 16.7. The minimum atomic E-state index is 0.0443. The number of nitrogens with zero attached hydrogens (tertiary/aromatic N) is 3. The highest BCUT2D eigenvalue weighted by molar-refractivity contribution is 7.14. The third-order valence-corrected chi connectivity index (χ3v) is 8.14. The van der Waals surface area contributed by atoms with E-state index in [4.69, 9.17) is 0 Å². The van der Waals surface area contributed by atoms with E-state index in [1.165, 1.54) is 36.1 Å². The summed E-state index contributed by atoms with van der Waals surface area (Å²) in [5.41, 5.74) is 1.41. The molecule has 0 aromatic carbocycles. The van der Waals surface area contributed by atoms with Gasteiger partial charge >= 0.3 is 0 Å². The Hall–Kier alpha value is -1.40. The summed E-state index contributed by atoms with van der Waals surface area (Å²) in [7, 11) is 0. The van der Waals surface area contributed by atoms with Crippen molar-refractivity contribution in [1.29, 1.82) is 0 Å². The van der Waals surface area contributed by atoms with Gasteiger partial charge in [0.25, 0.3) is 5.91 Å². The number of aryl methyl sites for hydroxylation is 2. The van der Waals surface area contributed by atoms with Crippen molar-refractivity contribution in [2.24, 2.45) is 5.92 Å². The lowest BCUT2D eigenvalue weighted by Gasteiger charge is -2.26. The number of carbonyl (C=O) groups excluding carboxylic acids is 2. The van der Waals surface area contributed by atoms with E-state index in [0.29, 0.717) is 5.91 Å². The Morgan fingerprint density at radius 2 is 1.86 bits per heavy atom. The number of hydrogen-bond acceptors (Lipinski definition) is 4. The van der Waals surface area contributed by atoms with Gasteiger partial charge in [0.15, 0.2) is 0 Å². The third kappa shape index (κ3) is 3.73. The molecule has 0 bridgehead atoms. The zero-order chi connectivity index (χ0) is 19.1. The fourth-order valence-corrected chi connectivity index (χ4v) is 6.28. The average molecular weight is 402 g/mol. The van der Waals surface area contributed by atoms with Gasteiger partial charge in [0, 0.05) is 44.1 Å². The molecule has 6 heteroatoms. The molecule has 0 radical (unpaired) electrons. The smallest absolute Gasteiger partial charge is 0.263 e. The Bertz CT molecular complexity index is 733. The summed E-state index contributed by atoms with van der Waals surface area (Å²) in [5.74, 6) is 1.29. The maximum atomic E-state index is 13.1. The van der Waals surface area contributed by atoms with Crippen LogP contribution in [0.2, 0.25) is 0 Å². The van der Waals surface area contributed by atoms with Crippen LogP contribution in [-0.4, -0.2) is 71.8 Å². The van der Waals surface area contributed by atoms with Gasteiger partial charge in [-0.15, -0.1) is 11.3 Å². The first-order valence-electron chi connectivity index (χ1n) is 11.1. The molecule has 4 aliphatic rings. The monoisotopic (exact) mass is 401 g/mol. The Morgan fingerprint density at radius 1 is 1.00 bits per heavy atom. The van der Waals surface area contributed by atoms with Crippen molar-refractivity contribution in [1.82, 2.24) is 14.7 Å². The molecule has 1 atom stereocenters. The molecule has 5 nitrogen and oxygen atoms in total.